The Labute approximate surface area is 153 Å². The molecule has 2 aromatic carbocycles. The number of hydrogen-bond donors (Lipinski definition) is 0. The van der Waals surface area contributed by atoms with E-state index in [0.717, 1.165) is 0 Å². The van der Waals surface area contributed by atoms with Crippen LogP contribution in [0.1, 0.15) is 11.1 Å². The Kier molecular flexibility index (Phi) is 6.31. The Hall–Kier alpha value is -1.26. The molecule has 0 unspecified atom stereocenters. The quantitative estimate of drug-likeness (QED) is 0.534. The van der Waals surface area contributed by atoms with Crippen molar-refractivity contribution < 1.29 is 14.3 Å². The van der Waals surface area contributed by atoms with E-state index in [-0.39, 0.29) is 12.8 Å². The molecule has 0 heterocycles. The summed E-state index contributed by atoms with van der Waals surface area (Å²) in [5.74, 6) is -1.41. The molecular weight excluding hydrogens is 382 g/mol. The molecule has 0 saturated heterocycles. The molecule has 7 heteroatoms. The normalized spacial score (nSPS) is 10.4. The van der Waals surface area contributed by atoms with Gasteiger partial charge in [-0.2, -0.15) is 0 Å². The molecule has 2 aromatic rings. The fraction of sp³-hybridized carbons (Fsp3) is 0.125. The highest BCUT2D eigenvalue weighted by atomic mass is 35.5. The average Bonchev–Trinajstić information content (AvgIpc) is 2.45. The van der Waals surface area contributed by atoms with Crippen molar-refractivity contribution in [2.45, 2.75) is 12.8 Å². The molecule has 0 amide bonds. The number of rotatable bonds is 4. The van der Waals surface area contributed by atoms with Gasteiger partial charge in [-0.15, -0.1) is 0 Å². The topological polar surface area (TPSA) is 43.4 Å². The molecule has 0 N–H and O–H groups in total. The summed E-state index contributed by atoms with van der Waals surface area (Å²) < 4.78 is 4.77. The van der Waals surface area contributed by atoms with Gasteiger partial charge in [-0.3, -0.25) is 9.59 Å². The van der Waals surface area contributed by atoms with Crippen LogP contribution in [0, 0.1) is 0 Å². The molecule has 2 rings (SSSR count). The van der Waals surface area contributed by atoms with E-state index in [9.17, 15) is 9.59 Å². The molecule has 23 heavy (non-hydrogen) atoms. The zero-order valence-corrected chi connectivity index (χ0v) is 14.6. The van der Waals surface area contributed by atoms with Crippen LogP contribution in [0.2, 0.25) is 20.1 Å². The fourth-order valence-corrected chi connectivity index (χ4v) is 2.79. The van der Waals surface area contributed by atoms with E-state index < -0.39 is 11.9 Å². The molecule has 0 aliphatic carbocycles. The summed E-state index contributed by atoms with van der Waals surface area (Å²) in [6.45, 7) is 0. The van der Waals surface area contributed by atoms with E-state index in [0.29, 0.717) is 31.2 Å². The SMILES string of the molecule is O=C(Cc1ccc(Cl)cc1Cl)OC(=O)Cc1ccc(Cl)cc1Cl. The van der Waals surface area contributed by atoms with Crippen LogP contribution in [-0.4, -0.2) is 11.9 Å². The van der Waals surface area contributed by atoms with Gasteiger partial charge in [-0.05, 0) is 35.4 Å². The second-order valence-electron chi connectivity index (χ2n) is 4.67. The van der Waals surface area contributed by atoms with Crippen LogP contribution >= 0.6 is 46.4 Å². The number of ether oxygens (including phenoxy) is 1. The summed E-state index contributed by atoms with van der Waals surface area (Å²) in [4.78, 5) is 23.6. The number of halogens is 4. The lowest BCUT2D eigenvalue weighted by Crippen LogP contribution is -2.16. The summed E-state index contributed by atoms with van der Waals surface area (Å²) in [5.41, 5.74) is 1.05. The number of hydrogen-bond acceptors (Lipinski definition) is 3. The highest BCUT2D eigenvalue weighted by molar-refractivity contribution is 6.35. The first-order chi connectivity index (χ1) is 10.8. The summed E-state index contributed by atoms with van der Waals surface area (Å²) >= 11 is 23.5. The van der Waals surface area contributed by atoms with Gasteiger partial charge < -0.3 is 4.74 Å². The van der Waals surface area contributed by atoms with Gasteiger partial charge in [0.1, 0.15) is 0 Å². The van der Waals surface area contributed by atoms with Gasteiger partial charge in [0.2, 0.25) is 0 Å². The van der Waals surface area contributed by atoms with E-state index in [1.165, 1.54) is 12.1 Å². The van der Waals surface area contributed by atoms with Crippen LogP contribution < -0.4 is 0 Å². The minimum Gasteiger partial charge on any atom is -0.393 e. The maximum absolute atomic E-state index is 11.8. The third-order valence-corrected chi connectivity index (χ3v) is 4.10. The molecule has 0 radical (unpaired) electrons. The van der Waals surface area contributed by atoms with Gasteiger partial charge in [0.15, 0.2) is 0 Å². The molecule has 0 spiro atoms. The van der Waals surface area contributed by atoms with Crippen LogP contribution in [0.25, 0.3) is 0 Å². The Balaban J connectivity index is 1.95. The standard InChI is InChI=1S/C16H10Cl4O3/c17-11-3-1-9(13(19)7-11)5-15(21)23-16(22)6-10-2-4-12(18)8-14(10)20/h1-4,7-8H,5-6H2. The van der Waals surface area contributed by atoms with Crippen LogP contribution in [0.3, 0.4) is 0 Å². The van der Waals surface area contributed by atoms with E-state index in [2.05, 4.69) is 0 Å². The number of benzene rings is 2. The molecule has 0 bridgehead atoms. The molecule has 0 aliphatic heterocycles. The van der Waals surface area contributed by atoms with E-state index in [1.807, 2.05) is 0 Å². The maximum atomic E-state index is 11.8. The summed E-state index contributed by atoms with van der Waals surface area (Å²) in [6, 6.07) is 9.44. The molecule has 0 saturated carbocycles. The third-order valence-electron chi connectivity index (χ3n) is 2.93. The average molecular weight is 392 g/mol. The van der Waals surface area contributed by atoms with Gasteiger partial charge in [0.05, 0.1) is 12.8 Å². The molecular formula is C16H10Cl4O3. The molecule has 0 aliphatic rings. The van der Waals surface area contributed by atoms with Crippen LogP contribution in [0.15, 0.2) is 36.4 Å². The van der Waals surface area contributed by atoms with Crippen molar-refractivity contribution in [1.29, 1.82) is 0 Å². The zero-order chi connectivity index (χ0) is 17.0. The van der Waals surface area contributed by atoms with Gasteiger partial charge in [0, 0.05) is 20.1 Å². The lowest BCUT2D eigenvalue weighted by atomic mass is 10.1. The predicted octanol–water partition coefficient (Wildman–Crippen LogP) is 5.16. The first-order valence-electron chi connectivity index (χ1n) is 6.46. The molecule has 0 fully saturated rings. The fourth-order valence-electron chi connectivity index (χ4n) is 1.84. The van der Waals surface area contributed by atoms with Gasteiger partial charge in [0.25, 0.3) is 0 Å². The lowest BCUT2D eigenvalue weighted by Gasteiger charge is -2.06. The maximum Gasteiger partial charge on any atom is 0.317 e. The van der Waals surface area contributed by atoms with Crippen molar-refractivity contribution in [2.75, 3.05) is 0 Å². The van der Waals surface area contributed by atoms with Gasteiger partial charge in [-0.25, -0.2) is 0 Å². The zero-order valence-electron chi connectivity index (χ0n) is 11.6. The van der Waals surface area contributed by atoms with Crippen LogP contribution in [0.4, 0.5) is 0 Å². The van der Waals surface area contributed by atoms with Gasteiger partial charge in [-0.1, -0.05) is 58.5 Å². The van der Waals surface area contributed by atoms with Crippen molar-refractivity contribution in [3.05, 3.63) is 67.6 Å². The van der Waals surface area contributed by atoms with Crippen LogP contribution in [0.5, 0.6) is 0 Å². The Bertz CT molecular complexity index is 695. The van der Waals surface area contributed by atoms with E-state index >= 15 is 0 Å². The second kappa shape index (κ2) is 8.02. The Morgan fingerprint density at radius 1 is 0.739 bits per heavy atom. The molecule has 3 nitrogen and oxygen atoms in total. The highest BCUT2D eigenvalue weighted by Crippen LogP contribution is 2.23. The first kappa shape index (κ1) is 18.1. The smallest absolute Gasteiger partial charge is 0.317 e. The van der Waals surface area contributed by atoms with E-state index in [4.69, 9.17) is 51.1 Å². The van der Waals surface area contributed by atoms with Crippen molar-refractivity contribution in [3.63, 3.8) is 0 Å². The first-order valence-corrected chi connectivity index (χ1v) is 7.97. The Morgan fingerprint density at radius 2 is 1.13 bits per heavy atom. The number of esters is 2. The van der Waals surface area contributed by atoms with Crippen molar-refractivity contribution in [3.8, 4) is 0 Å². The van der Waals surface area contributed by atoms with Crippen molar-refractivity contribution in [1.82, 2.24) is 0 Å². The number of carbonyl (C=O) groups is 2. The van der Waals surface area contributed by atoms with Crippen LogP contribution in [-0.2, 0) is 27.2 Å². The van der Waals surface area contributed by atoms with Crippen molar-refractivity contribution in [2.24, 2.45) is 0 Å². The summed E-state index contributed by atoms with van der Waals surface area (Å²) in [6.07, 6.45) is -0.258. The van der Waals surface area contributed by atoms with Crippen molar-refractivity contribution >= 4 is 58.3 Å². The largest absolute Gasteiger partial charge is 0.393 e. The molecule has 0 atom stereocenters. The Morgan fingerprint density at radius 3 is 1.48 bits per heavy atom. The lowest BCUT2D eigenvalue weighted by molar-refractivity contribution is -0.158. The van der Waals surface area contributed by atoms with E-state index in [1.54, 1.807) is 24.3 Å². The monoisotopic (exact) mass is 390 g/mol. The minimum atomic E-state index is -0.704. The second-order valence-corrected chi connectivity index (χ2v) is 6.36. The predicted molar refractivity (Wildman–Crippen MR) is 91.4 cm³/mol. The summed E-state index contributed by atoms with van der Waals surface area (Å²) in [5, 5.41) is 1.59. The number of carbonyl (C=O) groups excluding carboxylic acids is 2. The van der Waals surface area contributed by atoms with Gasteiger partial charge >= 0.3 is 11.9 Å². The summed E-state index contributed by atoms with van der Waals surface area (Å²) in [7, 11) is 0. The third kappa shape index (κ3) is 5.40. The minimum absolute atomic E-state index is 0.129. The highest BCUT2D eigenvalue weighted by Gasteiger charge is 2.15. The molecule has 120 valence electrons. The molecule has 0 aromatic heterocycles.